The SMILES string of the molecule is CCCCCCC(C)N(Cc1ccccc1)S(=O)(=O)CCC1OCCCO1. The Balaban J connectivity index is 2.01. The summed E-state index contributed by atoms with van der Waals surface area (Å²) in [6.45, 7) is 5.92. The number of hydrogen-bond donors (Lipinski definition) is 0. The molecule has 1 aliphatic heterocycles. The largest absolute Gasteiger partial charge is 0.353 e. The Kier molecular flexibility index (Phi) is 9.76. The van der Waals surface area contributed by atoms with Crippen molar-refractivity contribution >= 4 is 10.0 Å². The smallest absolute Gasteiger partial charge is 0.214 e. The van der Waals surface area contributed by atoms with Crippen LogP contribution in [0.5, 0.6) is 0 Å². The lowest BCUT2D eigenvalue weighted by Crippen LogP contribution is -2.40. The Morgan fingerprint density at radius 2 is 1.81 bits per heavy atom. The van der Waals surface area contributed by atoms with Crippen molar-refractivity contribution in [1.82, 2.24) is 4.31 Å². The van der Waals surface area contributed by atoms with Crippen LogP contribution >= 0.6 is 0 Å². The zero-order valence-corrected chi connectivity index (χ0v) is 17.6. The van der Waals surface area contributed by atoms with Crippen molar-refractivity contribution in [3.05, 3.63) is 35.9 Å². The summed E-state index contributed by atoms with van der Waals surface area (Å²) in [7, 11) is -3.39. The summed E-state index contributed by atoms with van der Waals surface area (Å²) in [6.07, 6.45) is 6.36. The Morgan fingerprint density at radius 3 is 2.48 bits per heavy atom. The predicted octanol–water partition coefficient (Wildman–Crippen LogP) is 4.33. The third kappa shape index (κ3) is 7.90. The van der Waals surface area contributed by atoms with E-state index < -0.39 is 16.3 Å². The maximum Gasteiger partial charge on any atom is 0.214 e. The molecule has 1 fully saturated rings. The van der Waals surface area contributed by atoms with Gasteiger partial charge in [-0.15, -0.1) is 0 Å². The lowest BCUT2D eigenvalue weighted by molar-refractivity contribution is -0.178. The molecule has 1 unspecified atom stereocenters. The van der Waals surface area contributed by atoms with Gasteiger partial charge in [-0.2, -0.15) is 4.31 Å². The van der Waals surface area contributed by atoms with Crippen LogP contribution in [0.15, 0.2) is 30.3 Å². The van der Waals surface area contributed by atoms with Crippen molar-refractivity contribution in [3.8, 4) is 0 Å². The Hall–Kier alpha value is -0.950. The summed E-state index contributed by atoms with van der Waals surface area (Å²) in [5, 5.41) is 0. The molecule has 1 aromatic carbocycles. The van der Waals surface area contributed by atoms with Gasteiger partial charge in [0.2, 0.25) is 10.0 Å². The minimum absolute atomic E-state index is 0.0137. The van der Waals surface area contributed by atoms with E-state index in [2.05, 4.69) is 6.92 Å². The van der Waals surface area contributed by atoms with Crippen LogP contribution in [-0.2, 0) is 26.0 Å². The molecule has 1 atom stereocenters. The van der Waals surface area contributed by atoms with E-state index >= 15 is 0 Å². The fourth-order valence-corrected chi connectivity index (χ4v) is 5.09. The Morgan fingerprint density at radius 1 is 1.11 bits per heavy atom. The number of benzene rings is 1. The van der Waals surface area contributed by atoms with Crippen molar-refractivity contribution in [2.24, 2.45) is 0 Å². The van der Waals surface area contributed by atoms with Crippen molar-refractivity contribution in [3.63, 3.8) is 0 Å². The highest BCUT2D eigenvalue weighted by Gasteiger charge is 2.28. The van der Waals surface area contributed by atoms with E-state index in [-0.39, 0.29) is 11.8 Å². The maximum atomic E-state index is 13.1. The first-order chi connectivity index (χ1) is 13.0. The van der Waals surface area contributed by atoms with Gasteiger partial charge < -0.3 is 9.47 Å². The molecule has 1 saturated heterocycles. The summed E-state index contributed by atoms with van der Waals surface area (Å²) < 4.78 is 39.0. The average molecular weight is 398 g/mol. The van der Waals surface area contributed by atoms with E-state index in [1.807, 2.05) is 37.3 Å². The molecule has 27 heavy (non-hydrogen) atoms. The summed E-state index contributed by atoms with van der Waals surface area (Å²) in [6, 6.07) is 9.82. The molecular formula is C21H35NO4S. The van der Waals surface area contributed by atoms with Crippen LogP contribution in [0, 0.1) is 0 Å². The predicted molar refractivity (Wildman–Crippen MR) is 109 cm³/mol. The molecule has 1 heterocycles. The van der Waals surface area contributed by atoms with Crippen LogP contribution in [0.25, 0.3) is 0 Å². The van der Waals surface area contributed by atoms with Crippen molar-refractivity contribution in [1.29, 1.82) is 0 Å². The molecule has 0 aromatic heterocycles. The molecule has 1 aliphatic rings. The van der Waals surface area contributed by atoms with Crippen molar-refractivity contribution < 1.29 is 17.9 Å². The second-order valence-electron chi connectivity index (χ2n) is 7.36. The molecular weight excluding hydrogens is 362 g/mol. The molecule has 0 bridgehead atoms. The van der Waals surface area contributed by atoms with E-state index in [1.54, 1.807) is 4.31 Å². The van der Waals surface area contributed by atoms with Gasteiger partial charge in [0.1, 0.15) is 0 Å². The number of sulfonamides is 1. The Bertz CT molecular complexity index is 614. The summed E-state index contributed by atoms with van der Waals surface area (Å²) in [5.41, 5.74) is 1.02. The molecule has 5 nitrogen and oxygen atoms in total. The molecule has 0 spiro atoms. The molecule has 0 saturated carbocycles. The van der Waals surface area contributed by atoms with Crippen LogP contribution < -0.4 is 0 Å². The first kappa shape index (κ1) is 22.3. The highest BCUT2D eigenvalue weighted by molar-refractivity contribution is 7.89. The molecule has 0 aliphatic carbocycles. The minimum Gasteiger partial charge on any atom is -0.353 e. The standard InChI is InChI=1S/C21H35NO4S/c1-3-4-5-7-11-19(2)22(18-20-12-8-6-9-13-20)27(23,24)17-14-21-25-15-10-16-26-21/h6,8-9,12-13,19,21H,3-5,7,10-11,14-18H2,1-2H3. The van der Waals surface area contributed by atoms with Crippen LogP contribution in [0.2, 0.25) is 0 Å². The second-order valence-corrected chi connectivity index (χ2v) is 9.40. The molecule has 0 amide bonds. The van der Waals surface area contributed by atoms with Gasteiger partial charge in [0.05, 0.1) is 19.0 Å². The maximum absolute atomic E-state index is 13.1. The summed E-state index contributed by atoms with van der Waals surface area (Å²) in [4.78, 5) is 0. The van der Waals surface area contributed by atoms with Gasteiger partial charge in [-0.1, -0.05) is 62.9 Å². The van der Waals surface area contributed by atoms with Crippen molar-refractivity contribution in [2.45, 2.75) is 77.7 Å². The first-order valence-corrected chi connectivity index (χ1v) is 11.9. The molecule has 154 valence electrons. The molecule has 0 N–H and O–H groups in total. The van der Waals surface area contributed by atoms with Gasteiger partial charge in [-0.05, 0) is 25.3 Å². The van der Waals surface area contributed by atoms with Crippen LogP contribution in [0.3, 0.4) is 0 Å². The van der Waals surface area contributed by atoms with Gasteiger partial charge in [0.25, 0.3) is 0 Å². The minimum atomic E-state index is -3.39. The van der Waals surface area contributed by atoms with Gasteiger partial charge in [-0.25, -0.2) is 8.42 Å². The molecule has 0 radical (unpaired) electrons. The topological polar surface area (TPSA) is 55.8 Å². The molecule has 2 rings (SSSR count). The van der Waals surface area contributed by atoms with E-state index in [0.29, 0.717) is 26.2 Å². The monoisotopic (exact) mass is 397 g/mol. The number of hydrogen-bond acceptors (Lipinski definition) is 4. The molecule has 1 aromatic rings. The van der Waals surface area contributed by atoms with E-state index in [9.17, 15) is 8.42 Å². The first-order valence-electron chi connectivity index (χ1n) is 10.3. The van der Waals surface area contributed by atoms with Gasteiger partial charge in [0, 0.05) is 19.0 Å². The lowest BCUT2D eigenvalue weighted by Gasteiger charge is -2.30. The third-order valence-corrected chi connectivity index (χ3v) is 6.97. The Labute approximate surface area is 165 Å². The quantitative estimate of drug-likeness (QED) is 0.493. The average Bonchev–Trinajstić information content (AvgIpc) is 2.69. The van der Waals surface area contributed by atoms with Crippen LogP contribution in [0.4, 0.5) is 0 Å². The number of unbranched alkanes of at least 4 members (excludes halogenated alkanes) is 3. The fourth-order valence-electron chi connectivity index (χ4n) is 3.37. The van der Waals surface area contributed by atoms with Crippen LogP contribution in [0.1, 0.15) is 64.4 Å². The highest BCUT2D eigenvalue weighted by Crippen LogP contribution is 2.20. The number of nitrogens with zero attached hydrogens (tertiary/aromatic N) is 1. The fraction of sp³-hybridized carbons (Fsp3) is 0.714. The molecule has 6 heteroatoms. The highest BCUT2D eigenvalue weighted by atomic mass is 32.2. The summed E-state index contributed by atoms with van der Waals surface area (Å²) in [5.74, 6) is 0.0593. The third-order valence-electron chi connectivity index (χ3n) is 5.01. The second kappa shape index (κ2) is 11.8. The van der Waals surface area contributed by atoms with E-state index in [1.165, 1.54) is 12.8 Å². The lowest BCUT2D eigenvalue weighted by atomic mass is 10.1. The van der Waals surface area contributed by atoms with Crippen molar-refractivity contribution in [2.75, 3.05) is 19.0 Å². The van der Waals surface area contributed by atoms with Gasteiger partial charge >= 0.3 is 0 Å². The van der Waals surface area contributed by atoms with E-state index in [0.717, 1.165) is 31.2 Å². The van der Waals surface area contributed by atoms with E-state index in [4.69, 9.17) is 9.47 Å². The summed E-state index contributed by atoms with van der Waals surface area (Å²) >= 11 is 0. The zero-order chi connectivity index (χ0) is 19.5. The zero-order valence-electron chi connectivity index (χ0n) is 16.8. The van der Waals surface area contributed by atoms with Crippen LogP contribution in [-0.4, -0.2) is 44.0 Å². The number of ether oxygens (including phenoxy) is 2. The number of rotatable bonds is 12. The normalized spacial score (nSPS) is 17.3. The van der Waals surface area contributed by atoms with Gasteiger partial charge in [0.15, 0.2) is 6.29 Å². The van der Waals surface area contributed by atoms with Gasteiger partial charge in [-0.3, -0.25) is 0 Å².